The number of carbonyl (C=O) groups is 1. The molecule has 0 amide bonds. The summed E-state index contributed by atoms with van der Waals surface area (Å²) < 4.78 is 45.5. The summed E-state index contributed by atoms with van der Waals surface area (Å²) in [4.78, 5) is 10.4. The van der Waals surface area contributed by atoms with Crippen LogP contribution in [0.25, 0.3) is 0 Å². The zero-order chi connectivity index (χ0) is 14.7. The van der Waals surface area contributed by atoms with Crippen LogP contribution in [0.15, 0.2) is 30.3 Å². The smallest absolute Gasteiger partial charge is 0.191 e. The molecule has 0 bridgehead atoms. The second-order valence-electron chi connectivity index (χ2n) is 3.96. The molecule has 0 aliphatic heterocycles. The molecule has 0 aromatic heterocycles. The molecule has 0 saturated carbocycles. The summed E-state index contributed by atoms with van der Waals surface area (Å²) in [6.07, 6.45) is 0.314. The summed E-state index contributed by atoms with van der Waals surface area (Å²) in [7, 11) is 0. The molecule has 0 saturated heterocycles. The average Bonchev–Trinajstić information content (AvgIpc) is 2.39. The van der Waals surface area contributed by atoms with Crippen LogP contribution >= 0.6 is 11.6 Å². The Morgan fingerprint density at radius 2 is 1.70 bits per heavy atom. The highest BCUT2D eigenvalue weighted by atomic mass is 35.5. The van der Waals surface area contributed by atoms with E-state index in [1.165, 1.54) is 12.1 Å². The van der Waals surface area contributed by atoms with Crippen LogP contribution in [0.3, 0.4) is 0 Å². The SMILES string of the molecule is O=Cc1cc(F)c(OCc2ccc(Cl)cc2F)c(F)c1. The number of hydrogen-bond acceptors (Lipinski definition) is 2. The van der Waals surface area contributed by atoms with Crippen LogP contribution in [0.1, 0.15) is 15.9 Å². The van der Waals surface area contributed by atoms with Crippen LogP contribution in [0.2, 0.25) is 5.02 Å². The topological polar surface area (TPSA) is 26.3 Å². The van der Waals surface area contributed by atoms with E-state index >= 15 is 0 Å². The van der Waals surface area contributed by atoms with Gasteiger partial charge >= 0.3 is 0 Å². The molecule has 2 rings (SSSR count). The molecule has 0 radical (unpaired) electrons. The van der Waals surface area contributed by atoms with Gasteiger partial charge < -0.3 is 4.74 Å². The molecule has 2 aromatic rings. The van der Waals surface area contributed by atoms with Crippen molar-refractivity contribution in [3.8, 4) is 5.75 Å². The molecule has 20 heavy (non-hydrogen) atoms. The minimum absolute atomic E-state index is 0.104. The van der Waals surface area contributed by atoms with E-state index in [1.54, 1.807) is 0 Å². The van der Waals surface area contributed by atoms with E-state index in [1.807, 2.05) is 0 Å². The number of hydrogen-bond donors (Lipinski definition) is 0. The van der Waals surface area contributed by atoms with Crippen LogP contribution in [-0.2, 0) is 6.61 Å². The highest BCUT2D eigenvalue weighted by Gasteiger charge is 2.13. The predicted octanol–water partition coefficient (Wildman–Crippen LogP) is 4.15. The molecule has 0 spiro atoms. The average molecular weight is 301 g/mol. The fraction of sp³-hybridized carbons (Fsp3) is 0.0714. The molecule has 2 aromatic carbocycles. The first-order valence-corrected chi connectivity index (χ1v) is 5.90. The fourth-order valence-corrected chi connectivity index (χ4v) is 1.73. The molecule has 2 nitrogen and oxygen atoms in total. The Hall–Kier alpha value is -2.01. The third-order valence-electron chi connectivity index (χ3n) is 2.54. The van der Waals surface area contributed by atoms with Crippen molar-refractivity contribution in [2.75, 3.05) is 0 Å². The Bertz CT molecular complexity index is 636. The Kier molecular flexibility index (Phi) is 4.29. The van der Waals surface area contributed by atoms with Gasteiger partial charge in [-0.05, 0) is 24.3 Å². The number of benzene rings is 2. The van der Waals surface area contributed by atoms with Crippen LogP contribution in [0.5, 0.6) is 5.75 Å². The normalized spacial score (nSPS) is 10.4. The van der Waals surface area contributed by atoms with Crippen LogP contribution in [0, 0.1) is 17.5 Å². The molecule has 0 heterocycles. The number of carbonyl (C=O) groups excluding carboxylic acids is 1. The van der Waals surface area contributed by atoms with Gasteiger partial charge in [-0.15, -0.1) is 0 Å². The van der Waals surface area contributed by atoms with Crippen molar-refractivity contribution in [3.05, 3.63) is 63.9 Å². The predicted molar refractivity (Wildman–Crippen MR) is 67.5 cm³/mol. The summed E-state index contributed by atoms with van der Waals surface area (Å²) in [6, 6.07) is 5.54. The fourth-order valence-electron chi connectivity index (χ4n) is 1.57. The van der Waals surface area contributed by atoms with Crippen molar-refractivity contribution in [3.63, 3.8) is 0 Å². The maximum Gasteiger partial charge on any atom is 0.191 e. The lowest BCUT2D eigenvalue weighted by Crippen LogP contribution is -2.02. The zero-order valence-corrected chi connectivity index (χ0v) is 10.8. The first-order chi connectivity index (χ1) is 9.51. The van der Waals surface area contributed by atoms with E-state index in [9.17, 15) is 18.0 Å². The first-order valence-electron chi connectivity index (χ1n) is 5.52. The number of rotatable bonds is 4. The Morgan fingerprint density at radius 1 is 1.05 bits per heavy atom. The molecular weight excluding hydrogens is 293 g/mol. The van der Waals surface area contributed by atoms with Crippen LogP contribution in [0.4, 0.5) is 13.2 Å². The van der Waals surface area contributed by atoms with Crippen molar-refractivity contribution in [2.45, 2.75) is 6.61 Å². The minimum Gasteiger partial charge on any atom is -0.483 e. The molecular formula is C14H8ClF3O2. The van der Waals surface area contributed by atoms with Gasteiger partial charge in [0, 0.05) is 16.1 Å². The lowest BCUT2D eigenvalue weighted by atomic mass is 10.2. The lowest BCUT2D eigenvalue weighted by molar-refractivity contribution is 0.112. The van der Waals surface area contributed by atoms with E-state index in [2.05, 4.69) is 0 Å². The molecule has 0 fully saturated rings. The molecule has 6 heteroatoms. The highest BCUT2D eigenvalue weighted by molar-refractivity contribution is 6.30. The molecule has 0 aliphatic carbocycles. The van der Waals surface area contributed by atoms with E-state index in [-0.39, 0.29) is 22.8 Å². The standard InChI is InChI=1S/C14H8ClF3O2/c15-10-2-1-9(11(16)5-10)7-20-14-12(17)3-8(6-19)4-13(14)18/h1-6H,7H2. The van der Waals surface area contributed by atoms with Gasteiger partial charge in [-0.3, -0.25) is 4.79 Å². The molecule has 0 aliphatic rings. The van der Waals surface area contributed by atoms with Gasteiger partial charge in [0.15, 0.2) is 17.4 Å². The zero-order valence-electron chi connectivity index (χ0n) is 10.00. The number of ether oxygens (including phenoxy) is 1. The summed E-state index contributed by atoms with van der Waals surface area (Å²) in [5.74, 6) is -3.35. The van der Waals surface area contributed by atoms with Crippen LogP contribution in [-0.4, -0.2) is 6.29 Å². The molecule has 104 valence electrons. The summed E-state index contributed by atoms with van der Waals surface area (Å²) >= 11 is 5.58. The largest absolute Gasteiger partial charge is 0.483 e. The summed E-state index contributed by atoms with van der Waals surface area (Å²) in [6.45, 7) is -0.364. The van der Waals surface area contributed by atoms with Crippen molar-refractivity contribution in [1.29, 1.82) is 0 Å². The molecule has 0 N–H and O–H groups in total. The molecule has 0 atom stereocenters. The van der Waals surface area contributed by atoms with Crippen molar-refractivity contribution in [1.82, 2.24) is 0 Å². The van der Waals surface area contributed by atoms with Gasteiger partial charge in [0.1, 0.15) is 18.7 Å². The van der Waals surface area contributed by atoms with Crippen LogP contribution < -0.4 is 4.74 Å². The van der Waals surface area contributed by atoms with Crippen molar-refractivity contribution < 1.29 is 22.7 Å². The van der Waals surface area contributed by atoms with Gasteiger partial charge in [-0.1, -0.05) is 17.7 Å². The van der Waals surface area contributed by atoms with Crippen molar-refractivity contribution >= 4 is 17.9 Å². The second kappa shape index (κ2) is 5.96. The van der Waals surface area contributed by atoms with E-state index in [0.717, 1.165) is 18.2 Å². The third kappa shape index (κ3) is 3.11. The monoisotopic (exact) mass is 300 g/mol. The lowest BCUT2D eigenvalue weighted by Gasteiger charge is -2.09. The first kappa shape index (κ1) is 14.4. The minimum atomic E-state index is -1.03. The van der Waals surface area contributed by atoms with Crippen molar-refractivity contribution in [2.24, 2.45) is 0 Å². The third-order valence-corrected chi connectivity index (χ3v) is 2.78. The maximum atomic E-state index is 13.5. The number of aldehydes is 1. The van der Waals surface area contributed by atoms with Gasteiger partial charge in [0.25, 0.3) is 0 Å². The maximum absolute atomic E-state index is 13.5. The second-order valence-corrected chi connectivity index (χ2v) is 4.39. The van der Waals surface area contributed by atoms with E-state index in [4.69, 9.17) is 16.3 Å². The van der Waals surface area contributed by atoms with E-state index in [0.29, 0.717) is 6.29 Å². The van der Waals surface area contributed by atoms with Gasteiger partial charge in [0.2, 0.25) is 0 Å². The Balaban J connectivity index is 2.21. The number of halogens is 4. The quantitative estimate of drug-likeness (QED) is 0.793. The Labute approximate surface area is 117 Å². The summed E-state index contributed by atoms with van der Waals surface area (Å²) in [5, 5.41) is 0.207. The van der Waals surface area contributed by atoms with E-state index < -0.39 is 23.2 Å². The highest BCUT2D eigenvalue weighted by Crippen LogP contribution is 2.24. The van der Waals surface area contributed by atoms with Gasteiger partial charge in [-0.25, -0.2) is 13.2 Å². The van der Waals surface area contributed by atoms with Gasteiger partial charge in [-0.2, -0.15) is 0 Å². The Morgan fingerprint density at radius 3 is 2.25 bits per heavy atom. The molecule has 0 unspecified atom stereocenters. The summed E-state index contributed by atoms with van der Waals surface area (Å²) in [5.41, 5.74) is -0.0438. The van der Waals surface area contributed by atoms with Gasteiger partial charge in [0.05, 0.1) is 0 Å².